The van der Waals surface area contributed by atoms with Crippen molar-refractivity contribution in [2.24, 2.45) is 7.05 Å². The number of hydrogen-bond acceptors (Lipinski definition) is 6. The lowest BCUT2D eigenvalue weighted by atomic mass is 10.2. The van der Waals surface area contributed by atoms with Gasteiger partial charge in [0.15, 0.2) is 5.82 Å². The molecule has 0 fully saturated rings. The van der Waals surface area contributed by atoms with Crippen LogP contribution in [0.1, 0.15) is 17.2 Å². The van der Waals surface area contributed by atoms with Gasteiger partial charge in [-0.25, -0.2) is 19.1 Å². The first kappa shape index (κ1) is 19.2. The molecule has 0 saturated carbocycles. The summed E-state index contributed by atoms with van der Waals surface area (Å²) >= 11 is 0. The standard InChI is InChI=1S/C20H21N9O/c1-13-21-14(2)29(25-13)12-15-5-4-6-18(11-15)23-20(30)22-17-9-7-16(8-10-17)19-24-26-27-28(19)3/h4-11H,12H2,1-3H3,(H2,22,23,30). The first-order chi connectivity index (χ1) is 14.5. The first-order valence-corrected chi connectivity index (χ1v) is 9.36. The highest BCUT2D eigenvalue weighted by atomic mass is 16.2. The van der Waals surface area contributed by atoms with E-state index in [-0.39, 0.29) is 6.03 Å². The summed E-state index contributed by atoms with van der Waals surface area (Å²) in [5, 5.41) is 21.5. The molecule has 2 heterocycles. The molecule has 2 aromatic carbocycles. The van der Waals surface area contributed by atoms with Gasteiger partial charge < -0.3 is 10.6 Å². The number of anilines is 2. The van der Waals surface area contributed by atoms with E-state index in [0.717, 1.165) is 22.8 Å². The van der Waals surface area contributed by atoms with E-state index in [1.807, 2.05) is 54.9 Å². The van der Waals surface area contributed by atoms with E-state index in [9.17, 15) is 4.79 Å². The number of amides is 2. The van der Waals surface area contributed by atoms with Crippen LogP contribution >= 0.6 is 0 Å². The monoisotopic (exact) mass is 403 g/mol. The Bertz CT molecular complexity index is 1180. The molecule has 0 radical (unpaired) electrons. The average Bonchev–Trinajstić information content (AvgIpc) is 3.27. The number of aromatic nitrogens is 7. The van der Waals surface area contributed by atoms with E-state index in [2.05, 4.69) is 36.2 Å². The molecule has 0 unspecified atom stereocenters. The number of tetrazole rings is 1. The smallest absolute Gasteiger partial charge is 0.308 e. The maximum Gasteiger partial charge on any atom is 0.323 e. The van der Waals surface area contributed by atoms with Gasteiger partial charge in [-0.3, -0.25) is 0 Å². The lowest BCUT2D eigenvalue weighted by Crippen LogP contribution is -2.19. The molecule has 2 amide bonds. The second kappa shape index (κ2) is 8.11. The van der Waals surface area contributed by atoms with Gasteiger partial charge in [0.2, 0.25) is 0 Å². The fraction of sp³-hybridized carbons (Fsp3) is 0.200. The molecule has 4 rings (SSSR count). The zero-order chi connectivity index (χ0) is 21.1. The van der Waals surface area contributed by atoms with E-state index in [1.165, 1.54) is 0 Å². The summed E-state index contributed by atoms with van der Waals surface area (Å²) in [6.45, 7) is 4.37. The van der Waals surface area contributed by atoms with Gasteiger partial charge in [-0.15, -0.1) is 5.10 Å². The van der Waals surface area contributed by atoms with Crippen molar-refractivity contribution in [3.8, 4) is 11.4 Å². The SMILES string of the molecule is Cc1nc(C)n(Cc2cccc(NC(=O)Nc3ccc(-c4nnnn4C)cc3)c2)n1. The third-order valence-electron chi connectivity index (χ3n) is 4.50. The third-order valence-corrected chi connectivity index (χ3v) is 4.50. The first-order valence-electron chi connectivity index (χ1n) is 9.36. The third kappa shape index (κ3) is 4.32. The van der Waals surface area contributed by atoms with Crippen molar-refractivity contribution >= 4 is 17.4 Å². The summed E-state index contributed by atoms with van der Waals surface area (Å²) < 4.78 is 3.42. The molecule has 0 aliphatic heterocycles. The number of aryl methyl sites for hydroxylation is 3. The number of rotatable bonds is 5. The summed E-state index contributed by atoms with van der Waals surface area (Å²) in [6.07, 6.45) is 0. The summed E-state index contributed by atoms with van der Waals surface area (Å²) in [5.74, 6) is 2.24. The van der Waals surface area contributed by atoms with Crippen LogP contribution in [0.15, 0.2) is 48.5 Å². The van der Waals surface area contributed by atoms with Crippen LogP contribution in [0, 0.1) is 13.8 Å². The van der Waals surface area contributed by atoms with Gasteiger partial charge in [0.05, 0.1) is 6.54 Å². The van der Waals surface area contributed by atoms with Crippen molar-refractivity contribution in [1.29, 1.82) is 0 Å². The number of hydrogen-bond donors (Lipinski definition) is 2. The van der Waals surface area contributed by atoms with Gasteiger partial charge in [0.1, 0.15) is 11.6 Å². The summed E-state index contributed by atoms with van der Waals surface area (Å²) in [7, 11) is 1.77. The fourth-order valence-corrected chi connectivity index (χ4v) is 3.10. The number of urea groups is 1. The Morgan fingerprint density at radius 1 is 1.03 bits per heavy atom. The molecule has 0 bridgehead atoms. The van der Waals surface area contributed by atoms with E-state index in [1.54, 1.807) is 23.9 Å². The molecule has 0 aliphatic carbocycles. The molecule has 4 aromatic rings. The average molecular weight is 403 g/mol. The second-order valence-electron chi connectivity index (χ2n) is 6.85. The molecular formula is C20H21N9O. The maximum atomic E-state index is 12.4. The van der Waals surface area contributed by atoms with Crippen LogP contribution in [0.4, 0.5) is 16.2 Å². The summed E-state index contributed by atoms with van der Waals surface area (Å²) in [4.78, 5) is 16.7. The van der Waals surface area contributed by atoms with Crippen LogP contribution in [-0.2, 0) is 13.6 Å². The molecule has 2 aromatic heterocycles. The van der Waals surface area contributed by atoms with E-state index >= 15 is 0 Å². The number of nitrogens with one attached hydrogen (secondary N) is 2. The molecule has 10 heteroatoms. The molecule has 0 saturated heterocycles. The van der Waals surface area contributed by atoms with Crippen LogP contribution in [0.3, 0.4) is 0 Å². The highest BCUT2D eigenvalue weighted by molar-refractivity contribution is 5.99. The zero-order valence-corrected chi connectivity index (χ0v) is 16.9. The maximum absolute atomic E-state index is 12.4. The highest BCUT2D eigenvalue weighted by Crippen LogP contribution is 2.19. The second-order valence-corrected chi connectivity index (χ2v) is 6.85. The van der Waals surface area contributed by atoms with Gasteiger partial charge in [-0.05, 0) is 66.2 Å². The Morgan fingerprint density at radius 3 is 2.47 bits per heavy atom. The topological polar surface area (TPSA) is 115 Å². The number of benzene rings is 2. The van der Waals surface area contributed by atoms with Crippen LogP contribution < -0.4 is 10.6 Å². The van der Waals surface area contributed by atoms with E-state index in [4.69, 9.17) is 0 Å². The van der Waals surface area contributed by atoms with Gasteiger partial charge in [-0.2, -0.15) is 5.10 Å². The molecule has 30 heavy (non-hydrogen) atoms. The predicted octanol–water partition coefficient (Wildman–Crippen LogP) is 2.78. The lowest BCUT2D eigenvalue weighted by Gasteiger charge is -2.10. The molecule has 152 valence electrons. The normalized spacial score (nSPS) is 10.8. The quantitative estimate of drug-likeness (QED) is 0.529. The van der Waals surface area contributed by atoms with Crippen LogP contribution in [0.25, 0.3) is 11.4 Å². The summed E-state index contributed by atoms with van der Waals surface area (Å²) in [5.41, 5.74) is 3.24. The van der Waals surface area contributed by atoms with Crippen LogP contribution in [-0.4, -0.2) is 41.0 Å². The number of nitrogens with zero attached hydrogens (tertiary/aromatic N) is 7. The minimum absolute atomic E-state index is 0.326. The molecule has 0 aliphatic rings. The van der Waals surface area contributed by atoms with Gasteiger partial charge in [-0.1, -0.05) is 12.1 Å². The van der Waals surface area contributed by atoms with E-state index < -0.39 is 0 Å². The van der Waals surface area contributed by atoms with Crippen LogP contribution in [0.5, 0.6) is 0 Å². The van der Waals surface area contributed by atoms with Gasteiger partial charge >= 0.3 is 6.03 Å². The molecule has 0 spiro atoms. The fourth-order valence-electron chi connectivity index (χ4n) is 3.10. The number of carbonyl (C=O) groups excluding carboxylic acids is 1. The molecule has 2 N–H and O–H groups in total. The van der Waals surface area contributed by atoms with Crippen molar-refractivity contribution in [2.75, 3.05) is 10.6 Å². The van der Waals surface area contributed by atoms with Gasteiger partial charge in [0, 0.05) is 24.0 Å². The van der Waals surface area contributed by atoms with E-state index in [0.29, 0.717) is 23.7 Å². The molecule has 10 nitrogen and oxygen atoms in total. The Hall–Kier alpha value is -4.08. The van der Waals surface area contributed by atoms with Gasteiger partial charge in [0.25, 0.3) is 0 Å². The minimum Gasteiger partial charge on any atom is -0.308 e. The van der Waals surface area contributed by atoms with Crippen molar-refractivity contribution in [1.82, 2.24) is 35.0 Å². The Morgan fingerprint density at radius 2 is 1.80 bits per heavy atom. The van der Waals surface area contributed by atoms with Crippen LogP contribution in [0.2, 0.25) is 0 Å². The van der Waals surface area contributed by atoms with Crippen molar-refractivity contribution in [3.63, 3.8) is 0 Å². The summed E-state index contributed by atoms with van der Waals surface area (Å²) in [6, 6.07) is 14.6. The Balaban J connectivity index is 1.39. The molecule has 0 atom stereocenters. The minimum atomic E-state index is -0.326. The molecular weight excluding hydrogens is 382 g/mol. The Kier molecular flexibility index (Phi) is 5.21. The van der Waals surface area contributed by atoms with Crippen molar-refractivity contribution < 1.29 is 4.79 Å². The number of carbonyl (C=O) groups is 1. The van der Waals surface area contributed by atoms with Crippen molar-refractivity contribution in [2.45, 2.75) is 20.4 Å². The zero-order valence-electron chi connectivity index (χ0n) is 16.9. The Labute approximate surface area is 172 Å². The largest absolute Gasteiger partial charge is 0.323 e. The predicted molar refractivity (Wildman–Crippen MR) is 112 cm³/mol. The lowest BCUT2D eigenvalue weighted by molar-refractivity contribution is 0.262. The highest BCUT2D eigenvalue weighted by Gasteiger charge is 2.08. The van der Waals surface area contributed by atoms with Crippen molar-refractivity contribution in [3.05, 3.63) is 65.7 Å².